The van der Waals surface area contributed by atoms with Crippen LogP contribution >= 0.6 is 38.9 Å². The van der Waals surface area contributed by atoms with Gasteiger partial charge >= 0.3 is 0 Å². The lowest BCUT2D eigenvalue weighted by atomic mass is 10.2. The lowest BCUT2D eigenvalue weighted by Crippen LogP contribution is -2.26. The van der Waals surface area contributed by atoms with E-state index in [0.717, 1.165) is 15.6 Å². The van der Waals surface area contributed by atoms with Crippen molar-refractivity contribution in [3.05, 3.63) is 49.6 Å². The van der Waals surface area contributed by atoms with Crippen molar-refractivity contribution in [2.24, 2.45) is 0 Å². The summed E-state index contributed by atoms with van der Waals surface area (Å²) in [7, 11) is -1.81. The first-order valence-electron chi connectivity index (χ1n) is 6.16. The van der Waals surface area contributed by atoms with Crippen molar-refractivity contribution in [1.29, 1.82) is 0 Å². The molecule has 0 spiro atoms. The Bertz CT molecular complexity index is 817. The normalized spacial score (nSPS) is 11.5. The number of amides is 1. The van der Waals surface area contributed by atoms with Gasteiger partial charge in [0, 0.05) is 33.6 Å². The predicted octanol–water partition coefficient (Wildman–Crippen LogP) is 3.84. The molecule has 1 heterocycles. The summed E-state index contributed by atoms with van der Waals surface area (Å²) in [4.78, 5) is 15.0. The molecule has 0 atom stereocenters. The molecule has 1 aromatic carbocycles. The Labute approximate surface area is 146 Å². The molecule has 0 aliphatic heterocycles. The van der Waals surface area contributed by atoms with E-state index in [1.165, 1.54) is 23.1 Å². The summed E-state index contributed by atoms with van der Waals surface area (Å²) in [5, 5.41) is 2.06. The zero-order valence-corrected chi connectivity index (χ0v) is 15.8. The fraction of sp³-hybridized carbons (Fsp3) is 0.214. The molecule has 0 N–H and O–H groups in total. The zero-order valence-electron chi connectivity index (χ0n) is 11.8. The minimum Gasteiger partial charge on any atom is -0.337 e. The molecule has 4 nitrogen and oxygen atoms in total. The molecule has 0 unspecified atom stereocenters. The van der Waals surface area contributed by atoms with Gasteiger partial charge in [-0.3, -0.25) is 4.79 Å². The van der Waals surface area contributed by atoms with E-state index in [1.807, 2.05) is 11.4 Å². The van der Waals surface area contributed by atoms with Crippen LogP contribution in [-0.4, -0.2) is 32.5 Å². The van der Waals surface area contributed by atoms with Crippen LogP contribution in [-0.2, 0) is 16.4 Å². The quantitative estimate of drug-likeness (QED) is 0.752. The summed E-state index contributed by atoms with van der Waals surface area (Å²) >= 11 is 10.8. The highest BCUT2D eigenvalue weighted by Crippen LogP contribution is 2.24. The lowest BCUT2D eigenvalue weighted by molar-refractivity contribution is 0.0786. The third-order valence-corrected chi connectivity index (χ3v) is 6.20. The van der Waals surface area contributed by atoms with Crippen LogP contribution in [0.15, 0.2) is 39.0 Å². The van der Waals surface area contributed by atoms with Gasteiger partial charge in [-0.2, -0.15) is 0 Å². The maximum Gasteiger partial charge on any atom is 0.253 e. The highest BCUT2D eigenvalue weighted by Gasteiger charge is 2.18. The molecule has 22 heavy (non-hydrogen) atoms. The third kappa shape index (κ3) is 4.10. The van der Waals surface area contributed by atoms with Crippen molar-refractivity contribution in [2.45, 2.75) is 11.4 Å². The number of halogens is 2. The van der Waals surface area contributed by atoms with Crippen molar-refractivity contribution in [1.82, 2.24) is 4.90 Å². The Morgan fingerprint density at radius 3 is 2.59 bits per heavy atom. The number of carbonyl (C=O) groups excluding carboxylic acids is 1. The first-order valence-corrected chi connectivity index (χ1v) is 10.1. The molecule has 1 amide bonds. The van der Waals surface area contributed by atoms with E-state index in [0.29, 0.717) is 12.1 Å². The second-order valence-electron chi connectivity index (χ2n) is 4.81. The number of rotatable bonds is 4. The lowest BCUT2D eigenvalue weighted by Gasteiger charge is -2.17. The van der Waals surface area contributed by atoms with Crippen LogP contribution in [0.2, 0.25) is 5.02 Å². The highest BCUT2D eigenvalue weighted by molar-refractivity contribution is 9.10. The molecule has 118 valence electrons. The Morgan fingerprint density at radius 1 is 1.36 bits per heavy atom. The van der Waals surface area contributed by atoms with Gasteiger partial charge in [0.05, 0.1) is 16.5 Å². The molecule has 0 aliphatic carbocycles. The Morgan fingerprint density at radius 2 is 2.05 bits per heavy atom. The summed E-state index contributed by atoms with van der Waals surface area (Å²) in [6, 6.07) is 6.22. The fourth-order valence-corrected chi connectivity index (χ4v) is 4.69. The van der Waals surface area contributed by atoms with Gasteiger partial charge in [-0.15, -0.1) is 11.3 Å². The van der Waals surface area contributed by atoms with E-state index >= 15 is 0 Å². The van der Waals surface area contributed by atoms with Gasteiger partial charge in [-0.05, 0) is 40.2 Å². The van der Waals surface area contributed by atoms with Crippen LogP contribution in [0.3, 0.4) is 0 Å². The maximum atomic E-state index is 12.4. The van der Waals surface area contributed by atoms with Crippen LogP contribution < -0.4 is 0 Å². The van der Waals surface area contributed by atoms with E-state index < -0.39 is 9.84 Å². The molecule has 8 heteroatoms. The average Bonchev–Trinajstić information content (AvgIpc) is 2.82. The molecule has 0 saturated carbocycles. The van der Waals surface area contributed by atoms with Gasteiger partial charge in [0.1, 0.15) is 0 Å². The van der Waals surface area contributed by atoms with Crippen molar-refractivity contribution < 1.29 is 13.2 Å². The SMILES string of the molecule is CN(Cc1cc(Br)cs1)C(=O)c1ccc(Cl)c(S(C)(=O)=O)c1. The molecule has 0 bridgehead atoms. The smallest absolute Gasteiger partial charge is 0.253 e. The summed E-state index contributed by atoms with van der Waals surface area (Å²) in [6.07, 6.45) is 1.06. The molecule has 0 aliphatic rings. The molecule has 0 fully saturated rings. The molecular weight excluding hydrogens is 410 g/mol. The predicted molar refractivity (Wildman–Crippen MR) is 92.4 cm³/mol. The number of carbonyl (C=O) groups is 1. The summed E-state index contributed by atoms with van der Waals surface area (Å²) < 4.78 is 24.3. The van der Waals surface area contributed by atoms with E-state index in [2.05, 4.69) is 15.9 Å². The van der Waals surface area contributed by atoms with Gasteiger partial charge in [-0.25, -0.2) is 8.42 Å². The molecule has 2 rings (SSSR count). The molecule has 0 radical (unpaired) electrons. The second-order valence-corrected chi connectivity index (χ2v) is 9.11. The summed E-state index contributed by atoms with van der Waals surface area (Å²) in [5.74, 6) is -0.258. The molecular formula is C14H13BrClNO3S2. The van der Waals surface area contributed by atoms with Crippen molar-refractivity contribution >= 4 is 54.6 Å². The van der Waals surface area contributed by atoms with E-state index in [9.17, 15) is 13.2 Å². The Balaban J connectivity index is 2.25. The van der Waals surface area contributed by atoms with Crippen LogP contribution in [0.4, 0.5) is 0 Å². The monoisotopic (exact) mass is 421 g/mol. The number of hydrogen-bond donors (Lipinski definition) is 0. The molecule has 0 saturated heterocycles. The first kappa shape index (κ1) is 17.5. The zero-order chi connectivity index (χ0) is 16.5. The fourth-order valence-electron chi connectivity index (χ4n) is 1.88. The van der Waals surface area contributed by atoms with Crippen LogP contribution in [0.5, 0.6) is 0 Å². The Kier molecular flexibility index (Phi) is 5.32. The van der Waals surface area contributed by atoms with E-state index in [4.69, 9.17) is 11.6 Å². The van der Waals surface area contributed by atoms with Crippen LogP contribution in [0, 0.1) is 0 Å². The van der Waals surface area contributed by atoms with Crippen molar-refractivity contribution in [3.8, 4) is 0 Å². The molecule has 2 aromatic rings. The third-order valence-electron chi connectivity index (χ3n) is 2.94. The minimum absolute atomic E-state index is 0.0349. The molecule has 1 aromatic heterocycles. The topological polar surface area (TPSA) is 54.5 Å². The van der Waals surface area contributed by atoms with Gasteiger partial charge in [-0.1, -0.05) is 11.6 Å². The van der Waals surface area contributed by atoms with Crippen LogP contribution in [0.1, 0.15) is 15.2 Å². The minimum atomic E-state index is -3.48. The Hall–Kier alpha value is -0.890. The van der Waals surface area contributed by atoms with Crippen LogP contribution in [0.25, 0.3) is 0 Å². The number of sulfone groups is 1. The van der Waals surface area contributed by atoms with Gasteiger partial charge in [0.15, 0.2) is 9.84 Å². The maximum absolute atomic E-state index is 12.4. The largest absolute Gasteiger partial charge is 0.337 e. The first-order chi connectivity index (χ1) is 10.2. The standard InChI is InChI=1S/C14H13BrClNO3S2/c1-17(7-11-6-10(15)8-21-11)14(18)9-3-4-12(16)13(5-9)22(2,19)20/h3-6,8H,7H2,1-2H3. The second kappa shape index (κ2) is 6.70. The van der Waals surface area contributed by atoms with E-state index in [-0.39, 0.29) is 15.8 Å². The van der Waals surface area contributed by atoms with E-state index in [1.54, 1.807) is 18.4 Å². The number of nitrogens with zero attached hydrogens (tertiary/aromatic N) is 1. The van der Waals surface area contributed by atoms with Crippen molar-refractivity contribution in [2.75, 3.05) is 13.3 Å². The number of benzene rings is 1. The average molecular weight is 423 g/mol. The summed E-state index contributed by atoms with van der Waals surface area (Å²) in [6.45, 7) is 0.450. The number of hydrogen-bond acceptors (Lipinski definition) is 4. The number of thiophene rings is 1. The van der Waals surface area contributed by atoms with Gasteiger partial charge < -0.3 is 4.90 Å². The van der Waals surface area contributed by atoms with Crippen molar-refractivity contribution in [3.63, 3.8) is 0 Å². The highest BCUT2D eigenvalue weighted by atomic mass is 79.9. The summed E-state index contributed by atoms with van der Waals surface area (Å²) in [5.41, 5.74) is 0.294. The van der Waals surface area contributed by atoms with Gasteiger partial charge in [0.2, 0.25) is 0 Å². The van der Waals surface area contributed by atoms with Gasteiger partial charge in [0.25, 0.3) is 5.91 Å².